The van der Waals surface area contributed by atoms with E-state index in [0.29, 0.717) is 12.3 Å². The molecule has 1 aromatic rings. The van der Waals surface area contributed by atoms with Crippen LogP contribution in [0.15, 0.2) is 18.2 Å². The van der Waals surface area contributed by atoms with Crippen molar-refractivity contribution in [2.24, 2.45) is 0 Å². The van der Waals surface area contributed by atoms with Crippen LogP contribution in [0.5, 0.6) is 5.75 Å². The van der Waals surface area contributed by atoms with Gasteiger partial charge >= 0.3 is 0 Å². The van der Waals surface area contributed by atoms with Crippen LogP contribution >= 0.6 is 0 Å². The molecule has 0 aliphatic heterocycles. The molecular formula is C14H20FNO2. The van der Waals surface area contributed by atoms with Gasteiger partial charge in [-0.3, -0.25) is 0 Å². The van der Waals surface area contributed by atoms with Crippen molar-refractivity contribution in [2.45, 2.75) is 44.4 Å². The molecule has 0 saturated heterocycles. The van der Waals surface area contributed by atoms with Gasteiger partial charge in [0.2, 0.25) is 0 Å². The Labute approximate surface area is 107 Å². The highest BCUT2D eigenvalue weighted by Gasteiger charge is 2.25. The van der Waals surface area contributed by atoms with Gasteiger partial charge in [-0.25, -0.2) is 4.39 Å². The van der Waals surface area contributed by atoms with Crippen LogP contribution in [0.25, 0.3) is 0 Å². The smallest absolute Gasteiger partial charge is 0.124 e. The molecule has 100 valence electrons. The second-order valence-electron chi connectivity index (χ2n) is 4.79. The van der Waals surface area contributed by atoms with Crippen LogP contribution in [0.3, 0.4) is 0 Å². The van der Waals surface area contributed by atoms with E-state index in [2.05, 4.69) is 5.32 Å². The second-order valence-corrected chi connectivity index (χ2v) is 4.79. The molecule has 2 atom stereocenters. The number of aliphatic hydroxyl groups excluding tert-OH is 1. The van der Waals surface area contributed by atoms with Gasteiger partial charge in [0.1, 0.15) is 17.7 Å². The number of nitrogens with one attached hydrogen (secondary N) is 1. The van der Waals surface area contributed by atoms with Crippen LogP contribution in [-0.4, -0.2) is 24.4 Å². The largest absolute Gasteiger partial charge is 0.487 e. The molecule has 1 aliphatic rings. The average Bonchev–Trinajstić information content (AvgIpc) is 2.35. The van der Waals surface area contributed by atoms with Crippen molar-refractivity contribution in [3.63, 3.8) is 0 Å². The number of aliphatic hydroxyl groups is 1. The molecule has 1 saturated carbocycles. The lowest BCUT2D eigenvalue weighted by Gasteiger charge is -2.29. The Morgan fingerprint density at radius 1 is 1.39 bits per heavy atom. The van der Waals surface area contributed by atoms with E-state index in [9.17, 15) is 9.50 Å². The molecule has 1 aromatic carbocycles. The monoisotopic (exact) mass is 253 g/mol. The van der Waals surface area contributed by atoms with Gasteiger partial charge in [0.25, 0.3) is 0 Å². The van der Waals surface area contributed by atoms with Gasteiger partial charge in [0.05, 0.1) is 6.10 Å². The lowest BCUT2D eigenvalue weighted by atomic mass is 9.95. The molecule has 0 amide bonds. The summed E-state index contributed by atoms with van der Waals surface area (Å²) in [5.74, 6) is 0.397. The summed E-state index contributed by atoms with van der Waals surface area (Å²) in [7, 11) is 1.81. The first kappa shape index (κ1) is 13.3. The molecule has 0 aromatic heterocycles. The standard InChI is InChI=1S/C14H20FNO2/c1-16-9-10-8-11(15)6-7-13(10)18-14-5-3-2-4-12(14)17/h6-8,12,14,16-17H,2-5,9H2,1H3. The summed E-state index contributed by atoms with van der Waals surface area (Å²) in [6, 6.07) is 4.51. The minimum atomic E-state index is -0.411. The molecular weight excluding hydrogens is 233 g/mol. The Hall–Kier alpha value is -1.13. The van der Waals surface area contributed by atoms with Gasteiger partial charge in [0.15, 0.2) is 0 Å². The zero-order valence-electron chi connectivity index (χ0n) is 10.7. The third kappa shape index (κ3) is 3.21. The maximum absolute atomic E-state index is 13.2. The molecule has 0 bridgehead atoms. The summed E-state index contributed by atoms with van der Waals surface area (Å²) in [5, 5.41) is 12.9. The van der Waals surface area contributed by atoms with Crippen LogP contribution in [0, 0.1) is 5.82 Å². The summed E-state index contributed by atoms with van der Waals surface area (Å²) in [4.78, 5) is 0. The van der Waals surface area contributed by atoms with E-state index < -0.39 is 6.10 Å². The Morgan fingerprint density at radius 3 is 2.89 bits per heavy atom. The predicted octanol–water partition coefficient (Wildman–Crippen LogP) is 2.23. The Morgan fingerprint density at radius 2 is 2.17 bits per heavy atom. The Kier molecular flexibility index (Phi) is 4.55. The fourth-order valence-corrected chi connectivity index (χ4v) is 2.37. The molecule has 2 N–H and O–H groups in total. The zero-order valence-corrected chi connectivity index (χ0v) is 10.7. The van der Waals surface area contributed by atoms with Gasteiger partial charge in [-0.05, 0) is 44.5 Å². The van der Waals surface area contributed by atoms with Crippen molar-refractivity contribution in [2.75, 3.05) is 7.05 Å². The second kappa shape index (κ2) is 6.16. The maximum atomic E-state index is 13.2. The first-order valence-electron chi connectivity index (χ1n) is 6.48. The lowest BCUT2D eigenvalue weighted by Crippen LogP contribution is -2.35. The lowest BCUT2D eigenvalue weighted by molar-refractivity contribution is 0.00633. The Bertz CT molecular complexity index is 397. The summed E-state index contributed by atoms with van der Waals surface area (Å²) in [6.45, 7) is 0.551. The van der Waals surface area contributed by atoms with Gasteiger partial charge in [-0.15, -0.1) is 0 Å². The number of halogens is 1. The normalized spacial score (nSPS) is 23.9. The van der Waals surface area contributed by atoms with E-state index in [-0.39, 0.29) is 11.9 Å². The number of rotatable bonds is 4. The minimum Gasteiger partial charge on any atom is -0.487 e. The first-order valence-corrected chi connectivity index (χ1v) is 6.48. The molecule has 0 heterocycles. The molecule has 0 radical (unpaired) electrons. The topological polar surface area (TPSA) is 41.5 Å². The third-order valence-corrected chi connectivity index (χ3v) is 3.34. The first-order chi connectivity index (χ1) is 8.70. The highest BCUT2D eigenvalue weighted by Crippen LogP contribution is 2.27. The number of ether oxygens (including phenoxy) is 1. The molecule has 3 nitrogen and oxygen atoms in total. The van der Waals surface area contributed by atoms with Crippen LogP contribution in [-0.2, 0) is 6.54 Å². The number of benzene rings is 1. The van der Waals surface area contributed by atoms with Crippen LogP contribution in [0.1, 0.15) is 31.2 Å². The summed E-state index contributed by atoms with van der Waals surface area (Å²) in [6.07, 6.45) is 3.19. The summed E-state index contributed by atoms with van der Waals surface area (Å²) in [5.41, 5.74) is 0.787. The fraction of sp³-hybridized carbons (Fsp3) is 0.571. The van der Waals surface area contributed by atoms with Crippen LogP contribution in [0.2, 0.25) is 0 Å². The zero-order chi connectivity index (χ0) is 13.0. The van der Waals surface area contributed by atoms with Gasteiger partial charge in [0, 0.05) is 12.1 Å². The van der Waals surface area contributed by atoms with E-state index >= 15 is 0 Å². The van der Waals surface area contributed by atoms with Crippen molar-refractivity contribution in [3.05, 3.63) is 29.6 Å². The fourth-order valence-electron chi connectivity index (χ4n) is 2.37. The average molecular weight is 253 g/mol. The van der Waals surface area contributed by atoms with Gasteiger partial charge in [-0.2, -0.15) is 0 Å². The Balaban J connectivity index is 2.11. The van der Waals surface area contributed by atoms with E-state index in [4.69, 9.17) is 4.74 Å². The molecule has 1 fully saturated rings. The quantitative estimate of drug-likeness (QED) is 0.864. The van der Waals surface area contributed by atoms with E-state index in [1.54, 1.807) is 6.07 Å². The molecule has 18 heavy (non-hydrogen) atoms. The van der Waals surface area contributed by atoms with Crippen LogP contribution < -0.4 is 10.1 Å². The molecule has 2 rings (SSSR count). The molecule has 1 aliphatic carbocycles. The maximum Gasteiger partial charge on any atom is 0.124 e. The third-order valence-electron chi connectivity index (χ3n) is 3.34. The minimum absolute atomic E-state index is 0.167. The van der Waals surface area contributed by atoms with Gasteiger partial charge < -0.3 is 15.2 Å². The van der Waals surface area contributed by atoms with Crippen LogP contribution in [0.4, 0.5) is 4.39 Å². The number of hydrogen-bond donors (Lipinski definition) is 2. The van der Waals surface area contributed by atoms with Crippen molar-refractivity contribution < 1.29 is 14.2 Å². The van der Waals surface area contributed by atoms with Crippen molar-refractivity contribution >= 4 is 0 Å². The van der Waals surface area contributed by atoms with E-state index in [0.717, 1.165) is 31.2 Å². The molecule has 4 heteroatoms. The molecule has 0 spiro atoms. The molecule has 2 unspecified atom stereocenters. The SMILES string of the molecule is CNCc1cc(F)ccc1OC1CCCCC1O. The summed E-state index contributed by atoms with van der Waals surface area (Å²) < 4.78 is 19.0. The van der Waals surface area contributed by atoms with Crippen molar-refractivity contribution in [1.29, 1.82) is 0 Å². The highest BCUT2D eigenvalue weighted by molar-refractivity contribution is 5.34. The summed E-state index contributed by atoms with van der Waals surface area (Å²) >= 11 is 0. The number of hydrogen-bond acceptors (Lipinski definition) is 3. The van der Waals surface area contributed by atoms with E-state index in [1.807, 2.05) is 7.05 Å². The van der Waals surface area contributed by atoms with E-state index in [1.165, 1.54) is 12.1 Å². The highest BCUT2D eigenvalue weighted by atomic mass is 19.1. The van der Waals surface area contributed by atoms with Gasteiger partial charge in [-0.1, -0.05) is 6.42 Å². The van der Waals surface area contributed by atoms with Crippen molar-refractivity contribution in [3.8, 4) is 5.75 Å². The van der Waals surface area contributed by atoms with Crippen molar-refractivity contribution in [1.82, 2.24) is 5.32 Å². The predicted molar refractivity (Wildman–Crippen MR) is 68.1 cm³/mol.